The Morgan fingerprint density at radius 2 is 1.62 bits per heavy atom. The van der Waals surface area contributed by atoms with Gasteiger partial charge in [-0.25, -0.2) is 0 Å². The molecule has 0 atom stereocenters. The number of hydrogen-bond acceptors (Lipinski definition) is 3. The monoisotopic (exact) mass is 188 g/mol. The molecule has 0 aliphatic heterocycles. The van der Waals surface area contributed by atoms with Gasteiger partial charge in [-0.3, -0.25) is 0 Å². The number of methoxy groups -OCH3 is 3. The Hall–Kier alpha value is -0.380. The molecule has 0 aromatic heterocycles. The fraction of sp³-hybridized carbons (Fsp3) is 0.800. The highest BCUT2D eigenvalue weighted by molar-refractivity contribution is 4.66. The fourth-order valence-corrected chi connectivity index (χ4v) is 1.19. The highest BCUT2D eigenvalue weighted by Gasteiger charge is 2.28. The van der Waals surface area contributed by atoms with Crippen LogP contribution in [-0.4, -0.2) is 27.3 Å². The second-order valence-corrected chi connectivity index (χ2v) is 2.83. The highest BCUT2D eigenvalue weighted by Crippen LogP contribution is 2.20. The van der Waals surface area contributed by atoms with Gasteiger partial charge in [0.1, 0.15) is 0 Å². The lowest BCUT2D eigenvalue weighted by Crippen LogP contribution is -2.35. The fourth-order valence-electron chi connectivity index (χ4n) is 1.19. The van der Waals surface area contributed by atoms with Crippen molar-refractivity contribution in [3.63, 3.8) is 0 Å². The molecule has 0 heterocycles. The largest absolute Gasteiger partial charge is 0.331 e. The third-order valence-corrected chi connectivity index (χ3v) is 2.07. The normalized spacial score (nSPS) is 11.6. The minimum atomic E-state index is -0.860. The van der Waals surface area contributed by atoms with E-state index in [-0.39, 0.29) is 0 Å². The maximum absolute atomic E-state index is 5.15. The van der Waals surface area contributed by atoms with E-state index in [1.807, 2.05) is 6.08 Å². The van der Waals surface area contributed by atoms with Crippen LogP contribution in [0.15, 0.2) is 12.7 Å². The zero-order valence-electron chi connectivity index (χ0n) is 8.84. The van der Waals surface area contributed by atoms with Gasteiger partial charge in [-0.2, -0.15) is 0 Å². The molecule has 0 rings (SSSR count). The molecule has 13 heavy (non-hydrogen) atoms. The van der Waals surface area contributed by atoms with Crippen LogP contribution in [0.5, 0.6) is 0 Å². The first-order valence-electron chi connectivity index (χ1n) is 4.51. The lowest BCUT2D eigenvalue weighted by atomic mass is 10.1. The summed E-state index contributed by atoms with van der Waals surface area (Å²) in [5, 5.41) is 0. The highest BCUT2D eigenvalue weighted by atomic mass is 16.9. The SMILES string of the molecule is C=CCCCCC(OC)(OC)OC. The molecule has 0 N–H and O–H groups in total. The maximum atomic E-state index is 5.15. The zero-order valence-corrected chi connectivity index (χ0v) is 8.84. The lowest BCUT2D eigenvalue weighted by Gasteiger charge is -2.28. The van der Waals surface area contributed by atoms with Gasteiger partial charge in [-0.1, -0.05) is 6.08 Å². The molecular weight excluding hydrogens is 168 g/mol. The van der Waals surface area contributed by atoms with Gasteiger partial charge in [-0.15, -0.1) is 6.58 Å². The Morgan fingerprint density at radius 3 is 2.00 bits per heavy atom. The molecule has 0 unspecified atom stereocenters. The van der Waals surface area contributed by atoms with Crippen molar-refractivity contribution in [2.75, 3.05) is 21.3 Å². The summed E-state index contributed by atoms with van der Waals surface area (Å²) in [6.07, 6.45) is 5.76. The molecule has 78 valence electrons. The van der Waals surface area contributed by atoms with Gasteiger partial charge < -0.3 is 14.2 Å². The molecule has 0 saturated carbocycles. The van der Waals surface area contributed by atoms with Crippen molar-refractivity contribution in [1.82, 2.24) is 0 Å². The summed E-state index contributed by atoms with van der Waals surface area (Å²) in [6.45, 7) is 3.66. The van der Waals surface area contributed by atoms with Crippen molar-refractivity contribution in [1.29, 1.82) is 0 Å². The molecule has 0 aliphatic carbocycles. The van der Waals surface area contributed by atoms with Crippen molar-refractivity contribution < 1.29 is 14.2 Å². The molecule has 3 heteroatoms. The van der Waals surface area contributed by atoms with Crippen LogP contribution in [0.1, 0.15) is 25.7 Å². The second kappa shape index (κ2) is 7.06. The van der Waals surface area contributed by atoms with Crippen LogP contribution in [0.4, 0.5) is 0 Å². The van der Waals surface area contributed by atoms with E-state index in [0.29, 0.717) is 0 Å². The molecule has 0 bridgehead atoms. The summed E-state index contributed by atoms with van der Waals surface area (Å²) in [7, 11) is 4.75. The average molecular weight is 188 g/mol. The van der Waals surface area contributed by atoms with Crippen molar-refractivity contribution in [2.45, 2.75) is 31.7 Å². The van der Waals surface area contributed by atoms with E-state index in [9.17, 15) is 0 Å². The quantitative estimate of drug-likeness (QED) is 0.332. The van der Waals surface area contributed by atoms with Crippen molar-refractivity contribution in [3.05, 3.63) is 12.7 Å². The number of rotatable bonds is 8. The van der Waals surface area contributed by atoms with Gasteiger partial charge >= 0.3 is 0 Å². The molecule has 0 aromatic rings. The first-order valence-corrected chi connectivity index (χ1v) is 4.51. The van der Waals surface area contributed by atoms with Crippen LogP contribution in [-0.2, 0) is 14.2 Å². The lowest BCUT2D eigenvalue weighted by molar-refractivity contribution is -0.355. The standard InChI is InChI=1S/C10H20O3/c1-5-6-7-8-9-10(11-2,12-3)13-4/h5H,1,6-9H2,2-4H3. The topological polar surface area (TPSA) is 27.7 Å². The van der Waals surface area contributed by atoms with Crippen LogP contribution in [0, 0.1) is 0 Å². The number of allylic oxidation sites excluding steroid dienone is 1. The Balaban J connectivity index is 3.74. The summed E-state index contributed by atoms with van der Waals surface area (Å²) >= 11 is 0. The molecule has 0 aliphatic rings. The van der Waals surface area contributed by atoms with Crippen LogP contribution in [0.2, 0.25) is 0 Å². The molecule has 0 amide bonds. The van der Waals surface area contributed by atoms with Crippen molar-refractivity contribution in [2.24, 2.45) is 0 Å². The van der Waals surface area contributed by atoms with Gasteiger partial charge in [0.15, 0.2) is 0 Å². The number of unbranched alkanes of at least 4 members (excludes halogenated alkanes) is 2. The van der Waals surface area contributed by atoms with Crippen molar-refractivity contribution in [3.8, 4) is 0 Å². The maximum Gasteiger partial charge on any atom is 0.282 e. The minimum Gasteiger partial charge on any atom is -0.331 e. The van der Waals surface area contributed by atoms with Gasteiger partial charge in [0.05, 0.1) is 0 Å². The molecule has 0 spiro atoms. The summed E-state index contributed by atoms with van der Waals surface area (Å²) in [5.41, 5.74) is 0. The predicted molar refractivity (Wildman–Crippen MR) is 52.4 cm³/mol. The zero-order chi connectivity index (χ0) is 10.2. The Bertz CT molecular complexity index is 122. The van der Waals surface area contributed by atoms with Gasteiger partial charge in [0.2, 0.25) is 0 Å². The average Bonchev–Trinajstić information content (AvgIpc) is 2.20. The Labute approximate surface area is 80.7 Å². The van der Waals surface area contributed by atoms with E-state index in [0.717, 1.165) is 25.7 Å². The number of hydrogen-bond donors (Lipinski definition) is 0. The molecule has 0 aromatic carbocycles. The molecule has 0 fully saturated rings. The van der Waals surface area contributed by atoms with E-state index in [1.54, 1.807) is 21.3 Å². The smallest absolute Gasteiger partial charge is 0.282 e. The third kappa shape index (κ3) is 4.41. The summed E-state index contributed by atoms with van der Waals surface area (Å²) in [4.78, 5) is 0. The summed E-state index contributed by atoms with van der Waals surface area (Å²) in [6, 6.07) is 0. The van der Waals surface area contributed by atoms with E-state index in [1.165, 1.54) is 0 Å². The minimum absolute atomic E-state index is 0.740. The van der Waals surface area contributed by atoms with Crippen LogP contribution in [0.3, 0.4) is 0 Å². The molecule has 0 radical (unpaired) electrons. The van der Waals surface area contributed by atoms with E-state index >= 15 is 0 Å². The van der Waals surface area contributed by atoms with E-state index < -0.39 is 5.97 Å². The molecule has 0 saturated heterocycles. The van der Waals surface area contributed by atoms with Crippen LogP contribution < -0.4 is 0 Å². The molecular formula is C10H20O3. The van der Waals surface area contributed by atoms with Crippen molar-refractivity contribution >= 4 is 0 Å². The second-order valence-electron chi connectivity index (χ2n) is 2.83. The van der Waals surface area contributed by atoms with Gasteiger partial charge in [-0.05, 0) is 19.3 Å². The first kappa shape index (κ1) is 12.6. The number of ether oxygens (including phenoxy) is 3. The van der Waals surface area contributed by atoms with E-state index in [2.05, 4.69) is 6.58 Å². The summed E-state index contributed by atoms with van der Waals surface area (Å²) in [5.74, 6) is -0.860. The van der Waals surface area contributed by atoms with Crippen LogP contribution >= 0.6 is 0 Å². The third-order valence-electron chi connectivity index (χ3n) is 2.07. The van der Waals surface area contributed by atoms with Gasteiger partial charge in [0.25, 0.3) is 5.97 Å². The van der Waals surface area contributed by atoms with Crippen LogP contribution in [0.25, 0.3) is 0 Å². The predicted octanol–water partition coefficient (Wildman–Crippen LogP) is 2.33. The Kier molecular flexibility index (Phi) is 6.86. The van der Waals surface area contributed by atoms with Gasteiger partial charge in [0, 0.05) is 27.8 Å². The van der Waals surface area contributed by atoms with E-state index in [4.69, 9.17) is 14.2 Å². The summed E-state index contributed by atoms with van der Waals surface area (Å²) < 4.78 is 15.4. The Morgan fingerprint density at radius 1 is 1.08 bits per heavy atom. The molecule has 3 nitrogen and oxygen atoms in total. The first-order chi connectivity index (χ1) is 6.24.